The lowest BCUT2D eigenvalue weighted by atomic mass is 10.3. The fraction of sp³-hybridized carbons (Fsp3) is 0.800. The first-order valence-electron chi connectivity index (χ1n) is 2.74. The van der Waals surface area contributed by atoms with Gasteiger partial charge in [0.2, 0.25) is 0 Å². The molecular weight excluding hydrogens is 123 g/mol. The molecule has 1 aliphatic rings. The molecule has 1 rings (SSSR count). The molecule has 49 valence electrons. The molecule has 0 saturated carbocycles. The lowest BCUT2D eigenvalue weighted by Crippen LogP contribution is -2.43. The van der Waals surface area contributed by atoms with E-state index in [-0.39, 0.29) is 13.2 Å². The summed E-state index contributed by atoms with van der Waals surface area (Å²) in [5.74, 6) is 0. The normalized spacial score (nSPS) is 29.6. The number of hydrogen-bond donors (Lipinski definition) is 0. The molecule has 3 nitrogen and oxygen atoms in total. The highest BCUT2D eigenvalue weighted by atomic mass is 19.2. The van der Waals surface area contributed by atoms with E-state index in [4.69, 9.17) is 10.00 Å². The van der Waals surface area contributed by atoms with Gasteiger partial charge in [-0.3, -0.25) is 0 Å². The van der Waals surface area contributed by atoms with Crippen molar-refractivity contribution in [2.24, 2.45) is 0 Å². The third kappa shape index (κ3) is 1.37. The molecule has 1 radical (unpaired) electrons. The van der Waals surface area contributed by atoms with Crippen LogP contribution in [0.25, 0.3) is 0 Å². The first-order chi connectivity index (χ1) is 4.34. The maximum Gasteiger partial charge on any atom is 0.284 e. The van der Waals surface area contributed by atoms with Crippen LogP contribution < -0.4 is 5.12 Å². The molecule has 1 atom stereocenters. The van der Waals surface area contributed by atoms with Gasteiger partial charge in [-0.15, -0.1) is 0 Å². The SMILES string of the molecule is N#CC1COCC[N+]1F. The minimum atomic E-state index is -0.696. The summed E-state index contributed by atoms with van der Waals surface area (Å²) in [6, 6.07) is 1.08. The van der Waals surface area contributed by atoms with Crippen molar-refractivity contribution < 1.29 is 9.22 Å². The fourth-order valence-electron chi connectivity index (χ4n) is 0.683. The largest absolute Gasteiger partial charge is 0.367 e. The third-order valence-corrected chi connectivity index (χ3v) is 1.21. The van der Waals surface area contributed by atoms with Crippen LogP contribution in [0.15, 0.2) is 0 Å². The van der Waals surface area contributed by atoms with Gasteiger partial charge >= 0.3 is 0 Å². The number of nitrogens with zero attached hydrogens (tertiary/aromatic N) is 2. The lowest BCUT2D eigenvalue weighted by Gasteiger charge is -2.11. The molecule has 0 aromatic heterocycles. The molecule has 0 aromatic rings. The maximum absolute atomic E-state index is 12.4. The summed E-state index contributed by atoms with van der Waals surface area (Å²) in [5, 5.41) is 8.75. The Kier molecular flexibility index (Phi) is 1.98. The van der Waals surface area contributed by atoms with Gasteiger partial charge in [-0.2, -0.15) is 5.26 Å². The molecular formula is C5H7FN2O+. The van der Waals surface area contributed by atoms with Gasteiger partial charge in [0.05, 0.1) is 9.60 Å². The van der Waals surface area contributed by atoms with Crippen molar-refractivity contribution in [1.82, 2.24) is 5.12 Å². The summed E-state index contributed by atoms with van der Waals surface area (Å²) in [4.78, 5) is 0. The summed E-state index contributed by atoms with van der Waals surface area (Å²) >= 11 is 0. The second kappa shape index (κ2) is 2.76. The van der Waals surface area contributed by atoms with Crippen LogP contribution in [0.2, 0.25) is 0 Å². The zero-order valence-corrected chi connectivity index (χ0v) is 4.88. The predicted octanol–water partition coefficient (Wildman–Crippen LogP) is -0.0666. The van der Waals surface area contributed by atoms with E-state index in [1.54, 1.807) is 6.07 Å². The Morgan fingerprint density at radius 1 is 1.78 bits per heavy atom. The van der Waals surface area contributed by atoms with E-state index in [9.17, 15) is 4.48 Å². The van der Waals surface area contributed by atoms with Gasteiger partial charge < -0.3 is 4.74 Å². The van der Waals surface area contributed by atoms with E-state index in [0.717, 1.165) is 0 Å². The maximum atomic E-state index is 12.4. The highest BCUT2D eigenvalue weighted by Crippen LogP contribution is 2.01. The number of ether oxygens (including phenoxy) is 1. The van der Waals surface area contributed by atoms with Gasteiger partial charge in [0.25, 0.3) is 6.04 Å². The van der Waals surface area contributed by atoms with Gasteiger partial charge in [-0.25, -0.2) is 0 Å². The fourth-order valence-corrected chi connectivity index (χ4v) is 0.683. The van der Waals surface area contributed by atoms with Crippen LogP contribution in [0, 0.1) is 11.3 Å². The summed E-state index contributed by atoms with van der Waals surface area (Å²) in [6.45, 7) is 0.778. The van der Waals surface area contributed by atoms with Crippen molar-refractivity contribution in [2.45, 2.75) is 6.04 Å². The number of morpholine rings is 1. The lowest BCUT2D eigenvalue weighted by molar-refractivity contribution is -0.0186. The molecule has 0 amide bonds. The smallest absolute Gasteiger partial charge is 0.284 e. The zero-order valence-electron chi connectivity index (χ0n) is 4.88. The third-order valence-electron chi connectivity index (χ3n) is 1.21. The quantitative estimate of drug-likeness (QED) is 0.431. The van der Waals surface area contributed by atoms with Crippen LogP contribution in [0.3, 0.4) is 0 Å². The van der Waals surface area contributed by atoms with Crippen molar-refractivity contribution in [2.75, 3.05) is 19.8 Å². The molecule has 0 aromatic carbocycles. The minimum Gasteiger partial charge on any atom is -0.367 e. The monoisotopic (exact) mass is 130 g/mol. The van der Waals surface area contributed by atoms with E-state index >= 15 is 0 Å². The van der Waals surface area contributed by atoms with Crippen LogP contribution >= 0.6 is 0 Å². The molecule has 0 N–H and O–H groups in total. The first kappa shape index (κ1) is 6.46. The molecule has 1 aliphatic heterocycles. The topological polar surface area (TPSA) is 38.9 Å². The van der Waals surface area contributed by atoms with Crippen LogP contribution in [0.1, 0.15) is 0 Å². The van der Waals surface area contributed by atoms with Gasteiger partial charge in [0, 0.05) is 0 Å². The second-order valence-electron chi connectivity index (χ2n) is 1.84. The zero-order chi connectivity index (χ0) is 6.69. The van der Waals surface area contributed by atoms with Crippen LogP contribution in [-0.2, 0) is 4.74 Å². The van der Waals surface area contributed by atoms with Crippen molar-refractivity contribution in [3.8, 4) is 6.07 Å². The molecule has 0 spiro atoms. The molecule has 1 unspecified atom stereocenters. The number of hydrogen-bond acceptors (Lipinski definition) is 3. The molecule has 4 heteroatoms. The Morgan fingerprint density at radius 3 is 3.00 bits per heavy atom. The number of rotatable bonds is 0. The van der Waals surface area contributed by atoms with E-state index in [0.29, 0.717) is 11.7 Å². The first-order valence-corrected chi connectivity index (χ1v) is 2.74. The molecule has 1 heterocycles. The van der Waals surface area contributed by atoms with Gasteiger partial charge in [-0.05, 0) is 0 Å². The number of nitriles is 1. The standard InChI is InChI=1S/C5H7FN2O/c6-8-1-2-9-4-5(8)3-7/h5H,1-2,4H2/q+1. The highest BCUT2D eigenvalue weighted by Gasteiger charge is 2.33. The molecule has 0 aliphatic carbocycles. The Hall–Kier alpha value is -0.660. The molecule has 0 bridgehead atoms. The summed E-state index contributed by atoms with van der Waals surface area (Å²) in [6.07, 6.45) is 0. The number of halogens is 1. The average Bonchev–Trinajstić information content (AvgIpc) is 1.89. The van der Waals surface area contributed by atoms with Crippen LogP contribution in [0.4, 0.5) is 4.48 Å². The molecule has 9 heavy (non-hydrogen) atoms. The molecule has 1 fully saturated rings. The Morgan fingerprint density at radius 2 is 2.56 bits per heavy atom. The van der Waals surface area contributed by atoms with Gasteiger partial charge in [0.1, 0.15) is 19.3 Å². The summed E-state index contributed by atoms with van der Waals surface area (Å²) in [5.41, 5.74) is 0. The van der Waals surface area contributed by atoms with E-state index in [1.807, 2.05) is 0 Å². The van der Waals surface area contributed by atoms with E-state index in [2.05, 4.69) is 0 Å². The summed E-state index contributed by atoms with van der Waals surface area (Å²) < 4.78 is 17.2. The van der Waals surface area contributed by atoms with Crippen LogP contribution in [0.5, 0.6) is 0 Å². The minimum absolute atomic E-state index is 0.188. The van der Waals surface area contributed by atoms with Crippen molar-refractivity contribution >= 4 is 0 Å². The van der Waals surface area contributed by atoms with Crippen molar-refractivity contribution in [3.05, 3.63) is 0 Å². The van der Waals surface area contributed by atoms with Crippen LogP contribution in [-0.4, -0.2) is 25.8 Å². The van der Waals surface area contributed by atoms with Gasteiger partial charge in [0.15, 0.2) is 6.54 Å². The highest BCUT2D eigenvalue weighted by molar-refractivity contribution is 4.92. The predicted molar refractivity (Wildman–Crippen MR) is 28.3 cm³/mol. The van der Waals surface area contributed by atoms with Gasteiger partial charge in [-0.1, -0.05) is 0 Å². The van der Waals surface area contributed by atoms with E-state index in [1.165, 1.54) is 0 Å². The Labute approximate surface area is 52.6 Å². The summed E-state index contributed by atoms with van der Waals surface area (Å²) in [7, 11) is 0. The Bertz CT molecular complexity index is 133. The Balaban J connectivity index is 2.41. The molecule has 1 saturated heterocycles. The van der Waals surface area contributed by atoms with E-state index < -0.39 is 6.04 Å². The van der Waals surface area contributed by atoms with Crippen molar-refractivity contribution in [3.63, 3.8) is 0 Å². The average molecular weight is 130 g/mol. The second-order valence-corrected chi connectivity index (χ2v) is 1.84. The van der Waals surface area contributed by atoms with Crippen molar-refractivity contribution in [1.29, 1.82) is 5.26 Å².